The second-order valence-corrected chi connectivity index (χ2v) is 3.08. The van der Waals surface area contributed by atoms with Gasteiger partial charge in [0, 0.05) is 12.8 Å². The van der Waals surface area contributed by atoms with Gasteiger partial charge in [0.05, 0.1) is 0 Å². The fourth-order valence-electron chi connectivity index (χ4n) is 1.03. The Bertz CT molecular complexity index is 137. The summed E-state index contributed by atoms with van der Waals surface area (Å²) in [7, 11) is 0. The third kappa shape index (κ3) is 9.14. The number of primary amides is 1. The van der Waals surface area contributed by atoms with E-state index in [-0.39, 0.29) is 11.7 Å². The summed E-state index contributed by atoms with van der Waals surface area (Å²) < 4.78 is 0. The highest BCUT2D eigenvalue weighted by atomic mass is 16.1. The lowest BCUT2D eigenvalue weighted by molar-refractivity contribution is -0.118. The van der Waals surface area contributed by atoms with Crippen LogP contribution in [0, 0.1) is 0 Å². The third-order valence-corrected chi connectivity index (χ3v) is 1.70. The number of hydrogen-bond donors (Lipinski definition) is 1. The first-order valence-corrected chi connectivity index (χ1v) is 4.40. The normalized spacial score (nSPS) is 9.75. The summed E-state index contributed by atoms with van der Waals surface area (Å²) >= 11 is 0. The summed E-state index contributed by atoms with van der Waals surface area (Å²) in [5.41, 5.74) is 4.96. The first-order valence-electron chi connectivity index (χ1n) is 4.40. The maximum atomic E-state index is 10.5. The highest BCUT2D eigenvalue weighted by Gasteiger charge is 1.96. The molecule has 0 radical (unpaired) electrons. The summed E-state index contributed by atoms with van der Waals surface area (Å²) in [4.78, 5) is 20.8. The lowest BCUT2D eigenvalue weighted by Crippen LogP contribution is -2.09. The van der Waals surface area contributed by atoms with Crippen LogP contribution in [0.2, 0.25) is 0 Å². The highest BCUT2D eigenvalue weighted by molar-refractivity contribution is 5.75. The number of unbranched alkanes of at least 4 members (excludes halogenated alkanes) is 3. The third-order valence-electron chi connectivity index (χ3n) is 1.70. The smallest absolute Gasteiger partial charge is 0.217 e. The zero-order valence-corrected chi connectivity index (χ0v) is 7.64. The van der Waals surface area contributed by atoms with Crippen LogP contribution in [0.25, 0.3) is 0 Å². The lowest BCUT2D eigenvalue weighted by atomic mass is 10.1. The maximum absolute atomic E-state index is 10.5. The topological polar surface area (TPSA) is 60.2 Å². The summed E-state index contributed by atoms with van der Waals surface area (Å²) in [6.07, 6.45) is 4.95. The SMILES string of the molecule is CC(=O)CCCCCCC(N)=O. The summed E-state index contributed by atoms with van der Waals surface area (Å²) in [6, 6.07) is 0. The first-order chi connectivity index (χ1) is 5.63. The van der Waals surface area contributed by atoms with E-state index in [1.165, 1.54) is 0 Å². The lowest BCUT2D eigenvalue weighted by Gasteiger charge is -1.97. The van der Waals surface area contributed by atoms with Crippen LogP contribution >= 0.6 is 0 Å². The number of carbonyl (C=O) groups excluding carboxylic acids is 2. The van der Waals surface area contributed by atoms with Crippen molar-refractivity contribution in [2.24, 2.45) is 5.73 Å². The van der Waals surface area contributed by atoms with Crippen molar-refractivity contribution in [1.82, 2.24) is 0 Å². The Morgan fingerprint density at radius 3 is 1.92 bits per heavy atom. The molecule has 0 heterocycles. The first kappa shape index (κ1) is 11.1. The number of ketones is 1. The van der Waals surface area contributed by atoms with Crippen molar-refractivity contribution < 1.29 is 9.59 Å². The molecule has 0 aliphatic carbocycles. The number of hydrogen-bond acceptors (Lipinski definition) is 2. The van der Waals surface area contributed by atoms with Gasteiger partial charge in [0.15, 0.2) is 0 Å². The standard InChI is InChI=1S/C9H17NO2/c1-8(11)6-4-2-3-5-7-9(10)12/h2-7H2,1H3,(H2,10,12). The molecule has 0 aromatic rings. The van der Waals surface area contributed by atoms with Crippen LogP contribution in [0.15, 0.2) is 0 Å². The minimum Gasteiger partial charge on any atom is -0.370 e. The molecule has 0 aliphatic heterocycles. The fourth-order valence-corrected chi connectivity index (χ4v) is 1.03. The van der Waals surface area contributed by atoms with Crippen molar-refractivity contribution in [2.75, 3.05) is 0 Å². The Morgan fingerprint density at radius 2 is 1.50 bits per heavy atom. The Labute approximate surface area is 73.3 Å². The van der Waals surface area contributed by atoms with Crippen LogP contribution in [0.1, 0.15) is 45.4 Å². The molecule has 70 valence electrons. The zero-order valence-electron chi connectivity index (χ0n) is 7.64. The van der Waals surface area contributed by atoms with Gasteiger partial charge in [0.25, 0.3) is 0 Å². The van der Waals surface area contributed by atoms with E-state index in [4.69, 9.17) is 5.73 Å². The van der Waals surface area contributed by atoms with Gasteiger partial charge in [-0.1, -0.05) is 12.8 Å². The minimum atomic E-state index is -0.235. The molecule has 2 N–H and O–H groups in total. The van der Waals surface area contributed by atoms with Gasteiger partial charge < -0.3 is 10.5 Å². The molecule has 0 bridgehead atoms. The van der Waals surface area contributed by atoms with Crippen molar-refractivity contribution in [1.29, 1.82) is 0 Å². The molecule has 3 heteroatoms. The van der Waals surface area contributed by atoms with Crippen LogP contribution in [0.3, 0.4) is 0 Å². The van der Waals surface area contributed by atoms with E-state index in [1.54, 1.807) is 6.92 Å². The monoisotopic (exact) mass is 171 g/mol. The highest BCUT2D eigenvalue weighted by Crippen LogP contribution is 2.04. The molecule has 0 unspecified atom stereocenters. The quantitative estimate of drug-likeness (QED) is 0.588. The number of Topliss-reactive ketones (excluding diaryl/α,β-unsaturated/α-hetero) is 1. The molecule has 0 fully saturated rings. The van der Waals surface area contributed by atoms with E-state index >= 15 is 0 Å². The van der Waals surface area contributed by atoms with Crippen LogP contribution in [-0.2, 0) is 9.59 Å². The van der Waals surface area contributed by atoms with Crippen LogP contribution < -0.4 is 5.73 Å². The molecule has 0 aromatic carbocycles. The Kier molecular flexibility index (Phi) is 6.34. The van der Waals surface area contributed by atoms with Gasteiger partial charge in [-0.15, -0.1) is 0 Å². The van der Waals surface area contributed by atoms with E-state index in [2.05, 4.69) is 0 Å². The zero-order chi connectivity index (χ0) is 9.40. The van der Waals surface area contributed by atoms with E-state index in [9.17, 15) is 9.59 Å². The molecule has 0 spiro atoms. The van der Waals surface area contributed by atoms with Gasteiger partial charge in [-0.05, 0) is 19.8 Å². The van der Waals surface area contributed by atoms with Crippen molar-refractivity contribution in [3.8, 4) is 0 Å². The largest absolute Gasteiger partial charge is 0.370 e. The van der Waals surface area contributed by atoms with Crippen molar-refractivity contribution in [3.63, 3.8) is 0 Å². The van der Waals surface area contributed by atoms with Gasteiger partial charge in [0.2, 0.25) is 5.91 Å². The number of carbonyl (C=O) groups is 2. The Morgan fingerprint density at radius 1 is 1.00 bits per heavy atom. The van der Waals surface area contributed by atoms with Gasteiger partial charge in [-0.3, -0.25) is 4.79 Å². The summed E-state index contributed by atoms with van der Waals surface area (Å²) in [6.45, 7) is 1.60. The van der Waals surface area contributed by atoms with Crippen LogP contribution in [0.4, 0.5) is 0 Å². The van der Waals surface area contributed by atoms with Crippen molar-refractivity contribution >= 4 is 11.7 Å². The van der Waals surface area contributed by atoms with Gasteiger partial charge in [-0.2, -0.15) is 0 Å². The second-order valence-electron chi connectivity index (χ2n) is 3.08. The summed E-state index contributed by atoms with van der Waals surface area (Å²) in [5.74, 6) is 0.00599. The van der Waals surface area contributed by atoms with E-state index in [1.807, 2.05) is 0 Å². The molecule has 0 aliphatic rings. The Hall–Kier alpha value is -0.860. The van der Waals surface area contributed by atoms with E-state index in [0.717, 1.165) is 25.7 Å². The molecule has 0 rings (SSSR count). The molecule has 0 atom stereocenters. The van der Waals surface area contributed by atoms with Crippen LogP contribution in [0.5, 0.6) is 0 Å². The van der Waals surface area contributed by atoms with Gasteiger partial charge in [-0.25, -0.2) is 0 Å². The van der Waals surface area contributed by atoms with Crippen molar-refractivity contribution in [2.45, 2.75) is 45.4 Å². The van der Waals surface area contributed by atoms with Gasteiger partial charge >= 0.3 is 0 Å². The number of rotatable bonds is 7. The minimum absolute atomic E-state index is 0.235. The van der Waals surface area contributed by atoms with Crippen molar-refractivity contribution in [3.05, 3.63) is 0 Å². The fraction of sp³-hybridized carbons (Fsp3) is 0.778. The van der Waals surface area contributed by atoms with Crippen LogP contribution in [-0.4, -0.2) is 11.7 Å². The van der Waals surface area contributed by atoms with E-state index < -0.39 is 0 Å². The predicted molar refractivity (Wildman–Crippen MR) is 47.6 cm³/mol. The average Bonchev–Trinajstić information content (AvgIpc) is 1.95. The predicted octanol–water partition coefficient (Wildman–Crippen LogP) is 1.40. The molecular formula is C9H17NO2. The molecule has 12 heavy (non-hydrogen) atoms. The molecule has 0 saturated carbocycles. The molecule has 0 aromatic heterocycles. The number of nitrogens with two attached hydrogens (primary N) is 1. The molecular weight excluding hydrogens is 154 g/mol. The van der Waals surface area contributed by atoms with E-state index in [0.29, 0.717) is 12.8 Å². The summed E-state index contributed by atoms with van der Waals surface area (Å²) in [5, 5.41) is 0. The molecule has 1 amide bonds. The van der Waals surface area contributed by atoms with Gasteiger partial charge in [0.1, 0.15) is 5.78 Å². The molecule has 3 nitrogen and oxygen atoms in total. The molecule has 0 saturated heterocycles. The Balaban J connectivity index is 3.01. The average molecular weight is 171 g/mol. The maximum Gasteiger partial charge on any atom is 0.217 e. The second kappa shape index (κ2) is 6.83. The number of amides is 1.